The second kappa shape index (κ2) is 9.70. The van der Waals surface area contributed by atoms with Crippen LogP contribution in [0.5, 0.6) is 0 Å². The van der Waals surface area contributed by atoms with E-state index in [9.17, 15) is 9.59 Å². The SMILES string of the molecule is Cc1cc(C(=O)N2CCCC3(CC2)CN(c2ccccc2)C(=O)CO3)nc(N2CCCCC2)n1. The maximum Gasteiger partial charge on any atom is 0.272 e. The van der Waals surface area contributed by atoms with Gasteiger partial charge in [0.1, 0.15) is 12.3 Å². The zero-order valence-corrected chi connectivity index (χ0v) is 19.9. The molecule has 3 aliphatic heterocycles. The van der Waals surface area contributed by atoms with Crippen LogP contribution >= 0.6 is 0 Å². The predicted octanol–water partition coefficient (Wildman–Crippen LogP) is 3.20. The number of rotatable bonds is 3. The molecule has 0 aliphatic carbocycles. The molecular formula is C26H33N5O3. The molecule has 1 aromatic heterocycles. The van der Waals surface area contributed by atoms with Crippen molar-refractivity contribution in [2.75, 3.05) is 49.1 Å². The number of amides is 2. The highest BCUT2D eigenvalue weighted by molar-refractivity contribution is 5.95. The molecule has 0 saturated carbocycles. The first-order chi connectivity index (χ1) is 16.5. The second-order valence-electron chi connectivity index (χ2n) is 9.68. The van der Waals surface area contributed by atoms with E-state index in [2.05, 4.69) is 14.9 Å². The lowest BCUT2D eigenvalue weighted by Gasteiger charge is -2.42. The highest BCUT2D eigenvalue weighted by atomic mass is 16.5. The van der Waals surface area contributed by atoms with Crippen molar-refractivity contribution in [1.82, 2.24) is 14.9 Å². The summed E-state index contributed by atoms with van der Waals surface area (Å²) >= 11 is 0. The number of aromatic nitrogens is 2. The molecule has 3 fully saturated rings. The van der Waals surface area contributed by atoms with Crippen molar-refractivity contribution in [3.8, 4) is 0 Å². The third-order valence-corrected chi connectivity index (χ3v) is 7.20. The van der Waals surface area contributed by atoms with Gasteiger partial charge in [0, 0.05) is 37.6 Å². The number of hydrogen-bond acceptors (Lipinski definition) is 6. The van der Waals surface area contributed by atoms with E-state index >= 15 is 0 Å². The van der Waals surface area contributed by atoms with Gasteiger partial charge >= 0.3 is 0 Å². The summed E-state index contributed by atoms with van der Waals surface area (Å²) in [5.74, 6) is 0.602. The number of likely N-dealkylation sites (tertiary alicyclic amines) is 1. The molecule has 3 saturated heterocycles. The number of morpholine rings is 1. The summed E-state index contributed by atoms with van der Waals surface area (Å²) in [5.41, 5.74) is 1.75. The minimum atomic E-state index is -0.431. The van der Waals surface area contributed by atoms with Gasteiger partial charge in [0.15, 0.2) is 0 Å². The van der Waals surface area contributed by atoms with Gasteiger partial charge in [-0.1, -0.05) is 18.2 Å². The fourth-order valence-corrected chi connectivity index (χ4v) is 5.29. The molecule has 34 heavy (non-hydrogen) atoms. The normalized spacial score (nSPS) is 23.8. The Hall–Kier alpha value is -3.00. The van der Waals surface area contributed by atoms with E-state index in [-0.39, 0.29) is 18.4 Å². The highest BCUT2D eigenvalue weighted by Gasteiger charge is 2.42. The average Bonchev–Trinajstić information content (AvgIpc) is 3.08. The molecule has 0 N–H and O–H groups in total. The molecule has 0 bridgehead atoms. The molecule has 2 aromatic rings. The van der Waals surface area contributed by atoms with Gasteiger partial charge in [-0.2, -0.15) is 0 Å². The molecule has 1 aromatic carbocycles. The van der Waals surface area contributed by atoms with E-state index in [4.69, 9.17) is 4.74 Å². The zero-order chi connectivity index (χ0) is 23.5. The third-order valence-electron chi connectivity index (χ3n) is 7.20. The number of piperidine rings is 1. The number of ether oxygens (including phenoxy) is 1. The molecule has 1 unspecified atom stereocenters. The van der Waals surface area contributed by atoms with Crippen LogP contribution in [0, 0.1) is 6.92 Å². The van der Waals surface area contributed by atoms with Crippen LogP contribution in [0.25, 0.3) is 0 Å². The van der Waals surface area contributed by atoms with Crippen LogP contribution < -0.4 is 9.80 Å². The molecule has 5 rings (SSSR count). The summed E-state index contributed by atoms with van der Waals surface area (Å²) in [6.45, 7) is 5.64. The van der Waals surface area contributed by atoms with Crippen LogP contribution in [0.15, 0.2) is 36.4 Å². The van der Waals surface area contributed by atoms with Crippen molar-refractivity contribution in [3.63, 3.8) is 0 Å². The first-order valence-electron chi connectivity index (χ1n) is 12.4. The van der Waals surface area contributed by atoms with Gasteiger partial charge in [0.2, 0.25) is 5.95 Å². The molecular weight excluding hydrogens is 430 g/mol. The lowest BCUT2D eigenvalue weighted by atomic mass is 9.92. The van der Waals surface area contributed by atoms with Crippen molar-refractivity contribution < 1.29 is 14.3 Å². The topological polar surface area (TPSA) is 78.9 Å². The second-order valence-corrected chi connectivity index (χ2v) is 9.68. The smallest absolute Gasteiger partial charge is 0.272 e. The zero-order valence-electron chi connectivity index (χ0n) is 19.9. The van der Waals surface area contributed by atoms with E-state index in [1.807, 2.05) is 47.1 Å². The molecule has 0 radical (unpaired) electrons. The summed E-state index contributed by atoms with van der Waals surface area (Å²) in [4.78, 5) is 41.2. The van der Waals surface area contributed by atoms with E-state index in [0.717, 1.165) is 50.2 Å². The standard InChI is InChI=1S/C26H33N5O3/c1-20-17-22(28-25(27-20)30-13-6-3-7-14-30)24(33)29-15-8-11-26(12-16-29)19-31(23(32)18-34-26)21-9-4-2-5-10-21/h2,4-5,9-10,17H,3,6-8,11-16,18-19H2,1H3. The van der Waals surface area contributed by atoms with Gasteiger partial charge in [-0.25, -0.2) is 9.97 Å². The van der Waals surface area contributed by atoms with E-state index in [0.29, 0.717) is 37.7 Å². The Bertz CT molecular complexity index is 1040. The fourth-order valence-electron chi connectivity index (χ4n) is 5.29. The van der Waals surface area contributed by atoms with Crippen LogP contribution in [0.3, 0.4) is 0 Å². The monoisotopic (exact) mass is 463 g/mol. The summed E-state index contributed by atoms with van der Waals surface area (Å²) in [7, 11) is 0. The van der Waals surface area contributed by atoms with Crippen molar-refractivity contribution in [3.05, 3.63) is 47.8 Å². The highest BCUT2D eigenvalue weighted by Crippen LogP contribution is 2.33. The van der Waals surface area contributed by atoms with Crippen molar-refractivity contribution >= 4 is 23.5 Å². The van der Waals surface area contributed by atoms with Crippen LogP contribution in [-0.4, -0.2) is 71.6 Å². The maximum absolute atomic E-state index is 13.5. The Morgan fingerprint density at radius 3 is 2.56 bits per heavy atom. The van der Waals surface area contributed by atoms with Crippen LogP contribution in [0.2, 0.25) is 0 Å². The van der Waals surface area contributed by atoms with Gasteiger partial charge in [0.25, 0.3) is 11.8 Å². The Morgan fingerprint density at radius 1 is 0.971 bits per heavy atom. The van der Waals surface area contributed by atoms with E-state index < -0.39 is 5.60 Å². The van der Waals surface area contributed by atoms with Gasteiger partial charge in [-0.15, -0.1) is 0 Å². The van der Waals surface area contributed by atoms with Crippen LogP contribution in [0.1, 0.15) is 54.7 Å². The predicted molar refractivity (Wildman–Crippen MR) is 130 cm³/mol. The molecule has 8 nitrogen and oxygen atoms in total. The number of carbonyl (C=O) groups excluding carboxylic acids is 2. The number of carbonyl (C=O) groups is 2. The van der Waals surface area contributed by atoms with Crippen molar-refractivity contribution in [1.29, 1.82) is 0 Å². The third kappa shape index (κ3) is 4.78. The number of hydrogen-bond donors (Lipinski definition) is 0. The van der Waals surface area contributed by atoms with Gasteiger partial charge in [-0.05, 0) is 63.6 Å². The first-order valence-corrected chi connectivity index (χ1v) is 12.4. The van der Waals surface area contributed by atoms with Crippen LogP contribution in [-0.2, 0) is 9.53 Å². The molecule has 180 valence electrons. The minimum absolute atomic E-state index is 0.0179. The molecule has 2 amide bonds. The molecule has 4 heterocycles. The number of nitrogens with zero attached hydrogens (tertiary/aromatic N) is 5. The summed E-state index contributed by atoms with van der Waals surface area (Å²) in [5, 5.41) is 0. The van der Waals surface area contributed by atoms with Gasteiger partial charge in [-0.3, -0.25) is 9.59 Å². The van der Waals surface area contributed by atoms with Crippen LogP contribution in [0.4, 0.5) is 11.6 Å². The van der Waals surface area contributed by atoms with Crippen molar-refractivity contribution in [2.45, 2.75) is 51.0 Å². The lowest BCUT2D eigenvalue weighted by Crippen LogP contribution is -2.55. The quantitative estimate of drug-likeness (QED) is 0.696. The molecule has 3 aliphatic rings. The summed E-state index contributed by atoms with van der Waals surface area (Å²) in [6, 6.07) is 11.6. The minimum Gasteiger partial charge on any atom is -0.363 e. The summed E-state index contributed by atoms with van der Waals surface area (Å²) < 4.78 is 6.14. The maximum atomic E-state index is 13.5. The molecule has 8 heteroatoms. The van der Waals surface area contributed by atoms with Gasteiger partial charge in [0.05, 0.1) is 12.1 Å². The Balaban J connectivity index is 1.30. The van der Waals surface area contributed by atoms with E-state index in [1.165, 1.54) is 6.42 Å². The molecule has 1 spiro atoms. The van der Waals surface area contributed by atoms with Crippen molar-refractivity contribution in [2.24, 2.45) is 0 Å². The number of benzene rings is 1. The number of aryl methyl sites for hydroxylation is 1. The molecule has 1 atom stereocenters. The Morgan fingerprint density at radius 2 is 1.76 bits per heavy atom. The Kier molecular flexibility index (Phi) is 6.50. The van der Waals surface area contributed by atoms with Gasteiger partial charge < -0.3 is 19.4 Å². The largest absolute Gasteiger partial charge is 0.363 e. The summed E-state index contributed by atoms with van der Waals surface area (Å²) in [6.07, 6.45) is 5.84. The first kappa shape index (κ1) is 22.8. The average molecular weight is 464 g/mol. The Labute approximate surface area is 200 Å². The van der Waals surface area contributed by atoms with E-state index in [1.54, 1.807) is 6.07 Å². The fraction of sp³-hybridized carbons (Fsp3) is 0.538. The number of para-hydroxylation sites is 1. The lowest BCUT2D eigenvalue weighted by molar-refractivity contribution is -0.140. The number of anilines is 2.